The molecule has 0 fully saturated rings. The molecular formula is C17H12Cl2N2O3S. The molecule has 0 unspecified atom stereocenters. The van der Waals surface area contributed by atoms with Crippen LogP contribution >= 0.6 is 34.5 Å². The topological polar surface area (TPSA) is 70.9 Å². The molecule has 0 aliphatic heterocycles. The van der Waals surface area contributed by atoms with Crippen molar-refractivity contribution < 1.29 is 14.6 Å². The maximum Gasteiger partial charge on any atom is 0.283 e. The fourth-order valence-corrected chi connectivity index (χ4v) is 3.89. The largest absolute Gasteiger partial charge is 0.504 e. The van der Waals surface area contributed by atoms with Gasteiger partial charge in [-0.25, -0.2) is 5.43 Å². The van der Waals surface area contributed by atoms with Crippen molar-refractivity contribution in [1.29, 1.82) is 0 Å². The number of para-hydroxylation sites is 1. The van der Waals surface area contributed by atoms with Gasteiger partial charge in [0.2, 0.25) is 0 Å². The first-order valence-corrected chi connectivity index (χ1v) is 8.65. The van der Waals surface area contributed by atoms with Gasteiger partial charge in [0, 0.05) is 20.7 Å². The van der Waals surface area contributed by atoms with Crippen LogP contribution in [0.15, 0.2) is 41.5 Å². The zero-order valence-electron chi connectivity index (χ0n) is 12.9. The molecule has 8 heteroatoms. The number of nitrogens with one attached hydrogen (secondary N) is 1. The standard InChI is InChI=1S/C17H12Cl2N2O3S/c1-24-12-4-2-3-9(15(12)22)8-20-21-17(23)16-14(19)11-6-5-10(18)7-13(11)25-16/h2-8,22H,1H3,(H,21,23)/b20-8-. The third kappa shape index (κ3) is 3.56. The van der Waals surface area contributed by atoms with E-state index in [1.165, 1.54) is 24.7 Å². The summed E-state index contributed by atoms with van der Waals surface area (Å²) in [6.45, 7) is 0. The first-order valence-electron chi connectivity index (χ1n) is 7.08. The number of fused-ring (bicyclic) bond motifs is 1. The van der Waals surface area contributed by atoms with Crippen LogP contribution in [0.1, 0.15) is 15.2 Å². The van der Waals surface area contributed by atoms with Crippen LogP contribution in [0.25, 0.3) is 10.1 Å². The molecule has 25 heavy (non-hydrogen) atoms. The van der Waals surface area contributed by atoms with E-state index >= 15 is 0 Å². The van der Waals surface area contributed by atoms with Gasteiger partial charge in [-0.15, -0.1) is 11.3 Å². The van der Waals surface area contributed by atoms with Gasteiger partial charge in [0.05, 0.1) is 18.3 Å². The molecule has 5 nitrogen and oxygen atoms in total. The highest BCUT2D eigenvalue weighted by molar-refractivity contribution is 7.21. The number of phenolic OH excluding ortho intramolecular Hbond substituents is 1. The van der Waals surface area contributed by atoms with Crippen molar-refractivity contribution in [2.24, 2.45) is 5.10 Å². The van der Waals surface area contributed by atoms with Gasteiger partial charge in [-0.05, 0) is 24.3 Å². The van der Waals surface area contributed by atoms with Crippen molar-refractivity contribution >= 4 is 56.7 Å². The lowest BCUT2D eigenvalue weighted by atomic mass is 10.2. The molecule has 1 amide bonds. The molecule has 1 aromatic heterocycles. The molecule has 3 rings (SSSR count). The normalized spacial score (nSPS) is 11.2. The third-order valence-corrected chi connectivity index (χ3v) is 5.31. The van der Waals surface area contributed by atoms with Crippen LogP contribution in [0.3, 0.4) is 0 Å². The number of phenols is 1. The lowest BCUT2D eigenvalue weighted by Crippen LogP contribution is -2.16. The zero-order valence-corrected chi connectivity index (χ0v) is 15.2. The molecule has 0 radical (unpaired) electrons. The van der Waals surface area contributed by atoms with E-state index in [2.05, 4.69) is 10.5 Å². The minimum Gasteiger partial charge on any atom is -0.504 e. The van der Waals surface area contributed by atoms with Gasteiger partial charge in [0.1, 0.15) is 4.88 Å². The Labute approximate surface area is 157 Å². The highest BCUT2D eigenvalue weighted by Crippen LogP contribution is 2.36. The quantitative estimate of drug-likeness (QED) is 0.498. The van der Waals surface area contributed by atoms with E-state index in [1.54, 1.807) is 36.4 Å². The molecule has 0 spiro atoms. The number of halogens is 2. The number of carbonyl (C=O) groups excluding carboxylic acids is 1. The van der Waals surface area contributed by atoms with Crippen LogP contribution in [-0.2, 0) is 0 Å². The zero-order chi connectivity index (χ0) is 18.0. The number of benzene rings is 2. The minimum absolute atomic E-state index is 0.0578. The van der Waals surface area contributed by atoms with Gasteiger partial charge >= 0.3 is 0 Å². The average Bonchev–Trinajstić information content (AvgIpc) is 2.92. The summed E-state index contributed by atoms with van der Waals surface area (Å²) in [7, 11) is 1.45. The molecule has 0 bridgehead atoms. The summed E-state index contributed by atoms with van der Waals surface area (Å²) >= 11 is 13.4. The number of hydrogen-bond acceptors (Lipinski definition) is 5. The van der Waals surface area contributed by atoms with E-state index < -0.39 is 5.91 Å². The fourth-order valence-electron chi connectivity index (χ4n) is 2.20. The Morgan fingerprint density at radius 1 is 1.32 bits per heavy atom. The summed E-state index contributed by atoms with van der Waals surface area (Å²) in [6, 6.07) is 10.2. The Morgan fingerprint density at radius 2 is 2.12 bits per heavy atom. The van der Waals surface area contributed by atoms with Crippen LogP contribution in [0, 0.1) is 0 Å². The maximum absolute atomic E-state index is 12.3. The Morgan fingerprint density at radius 3 is 2.88 bits per heavy atom. The average molecular weight is 395 g/mol. The predicted octanol–water partition coefficient (Wildman–Crippen LogP) is 4.69. The smallest absolute Gasteiger partial charge is 0.283 e. The second-order valence-corrected chi connectivity index (χ2v) is 6.85. The van der Waals surface area contributed by atoms with E-state index in [1.807, 2.05) is 0 Å². The van der Waals surface area contributed by atoms with Crippen molar-refractivity contribution in [2.45, 2.75) is 0 Å². The Bertz CT molecular complexity index is 985. The number of thiophene rings is 1. The number of ether oxygens (including phenoxy) is 1. The van der Waals surface area contributed by atoms with E-state index in [0.717, 1.165) is 10.1 Å². The number of rotatable bonds is 4. The molecular weight excluding hydrogens is 383 g/mol. The predicted molar refractivity (Wildman–Crippen MR) is 102 cm³/mol. The van der Waals surface area contributed by atoms with Crippen LogP contribution in [-0.4, -0.2) is 24.3 Å². The lowest BCUT2D eigenvalue weighted by Gasteiger charge is -2.04. The second-order valence-electron chi connectivity index (χ2n) is 4.98. The molecule has 1 heterocycles. The van der Waals surface area contributed by atoms with Crippen molar-refractivity contribution in [2.75, 3.05) is 7.11 Å². The van der Waals surface area contributed by atoms with E-state index in [4.69, 9.17) is 27.9 Å². The number of hydrazone groups is 1. The van der Waals surface area contributed by atoms with Gasteiger partial charge in [-0.3, -0.25) is 4.79 Å². The van der Waals surface area contributed by atoms with E-state index in [-0.39, 0.29) is 5.75 Å². The number of carbonyl (C=O) groups is 1. The molecule has 3 aromatic rings. The number of methoxy groups -OCH3 is 1. The van der Waals surface area contributed by atoms with Crippen LogP contribution in [0.5, 0.6) is 11.5 Å². The summed E-state index contributed by atoms with van der Waals surface area (Å²) in [4.78, 5) is 12.6. The second kappa shape index (κ2) is 7.31. The van der Waals surface area contributed by atoms with Crippen LogP contribution < -0.4 is 10.2 Å². The maximum atomic E-state index is 12.3. The fraction of sp³-hybridized carbons (Fsp3) is 0.0588. The minimum atomic E-state index is -0.444. The van der Waals surface area contributed by atoms with E-state index in [9.17, 15) is 9.90 Å². The summed E-state index contributed by atoms with van der Waals surface area (Å²) in [5.74, 6) is -0.182. The molecule has 0 aliphatic rings. The first kappa shape index (κ1) is 17.5. The summed E-state index contributed by atoms with van der Waals surface area (Å²) in [5, 5.41) is 15.5. The van der Waals surface area contributed by atoms with Gasteiger partial charge in [-0.1, -0.05) is 35.3 Å². The molecule has 0 saturated carbocycles. The summed E-state index contributed by atoms with van der Waals surface area (Å²) in [5.41, 5.74) is 2.81. The van der Waals surface area contributed by atoms with Crippen molar-refractivity contribution in [3.63, 3.8) is 0 Å². The highest BCUT2D eigenvalue weighted by atomic mass is 35.5. The third-order valence-electron chi connectivity index (χ3n) is 3.42. The first-order chi connectivity index (χ1) is 12.0. The van der Waals surface area contributed by atoms with Crippen LogP contribution in [0.4, 0.5) is 0 Å². The molecule has 2 aromatic carbocycles. The van der Waals surface area contributed by atoms with Gasteiger partial charge in [-0.2, -0.15) is 5.10 Å². The number of amides is 1. The van der Waals surface area contributed by atoms with Gasteiger partial charge in [0.25, 0.3) is 5.91 Å². The Kier molecular flexibility index (Phi) is 5.13. The van der Waals surface area contributed by atoms with Gasteiger partial charge < -0.3 is 9.84 Å². The van der Waals surface area contributed by atoms with Crippen molar-refractivity contribution in [3.05, 3.63) is 56.9 Å². The summed E-state index contributed by atoms with van der Waals surface area (Å²) < 4.78 is 5.83. The molecule has 0 aliphatic carbocycles. The number of hydrogen-bond donors (Lipinski definition) is 2. The summed E-state index contributed by atoms with van der Waals surface area (Å²) in [6.07, 6.45) is 1.33. The SMILES string of the molecule is COc1cccc(/C=N\NC(=O)c2sc3cc(Cl)ccc3c2Cl)c1O. The van der Waals surface area contributed by atoms with Crippen LogP contribution in [0.2, 0.25) is 10.0 Å². The molecule has 128 valence electrons. The number of nitrogens with zero attached hydrogens (tertiary/aromatic N) is 1. The number of aromatic hydroxyl groups is 1. The lowest BCUT2D eigenvalue weighted by molar-refractivity contribution is 0.0959. The molecule has 0 atom stereocenters. The molecule has 2 N–H and O–H groups in total. The van der Waals surface area contributed by atoms with Crippen molar-refractivity contribution in [3.8, 4) is 11.5 Å². The molecule has 0 saturated heterocycles. The Balaban J connectivity index is 1.80. The Hall–Kier alpha value is -2.28. The van der Waals surface area contributed by atoms with Crippen molar-refractivity contribution in [1.82, 2.24) is 5.43 Å². The van der Waals surface area contributed by atoms with Gasteiger partial charge in [0.15, 0.2) is 11.5 Å². The monoisotopic (exact) mass is 394 g/mol. The highest BCUT2D eigenvalue weighted by Gasteiger charge is 2.17. The van der Waals surface area contributed by atoms with E-state index in [0.29, 0.717) is 26.2 Å².